The Morgan fingerprint density at radius 1 is 1.50 bits per heavy atom. The summed E-state index contributed by atoms with van der Waals surface area (Å²) < 4.78 is 12.0. The van der Waals surface area contributed by atoms with Gasteiger partial charge in [0.15, 0.2) is 0 Å². The molecule has 0 fully saturated rings. The number of amides is 1. The third-order valence-corrected chi connectivity index (χ3v) is 3.71. The molecule has 1 unspecified atom stereocenters. The van der Waals surface area contributed by atoms with E-state index in [2.05, 4.69) is 43.8 Å². The summed E-state index contributed by atoms with van der Waals surface area (Å²) in [7, 11) is 3.20. The van der Waals surface area contributed by atoms with Gasteiger partial charge in [0.25, 0.3) is 5.91 Å². The number of hydrogen-bond donors (Lipinski definition) is 1. The van der Waals surface area contributed by atoms with E-state index in [0.717, 1.165) is 8.04 Å². The van der Waals surface area contributed by atoms with Crippen LogP contribution in [0.2, 0.25) is 0 Å². The number of halogens is 2. The summed E-state index contributed by atoms with van der Waals surface area (Å²) in [4.78, 5) is 12.0. The van der Waals surface area contributed by atoms with Crippen molar-refractivity contribution in [1.29, 1.82) is 0 Å². The Morgan fingerprint density at radius 3 is 2.83 bits per heavy atom. The Morgan fingerprint density at radius 2 is 2.22 bits per heavy atom. The van der Waals surface area contributed by atoms with Crippen LogP contribution in [0.3, 0.4) is 0 Å². The van der Waals surface area contributed by atoms with Gasteiger partial charge in [-0.05, 0) is 56.7 Å². The molecule has 1 aromatic carbocycles. The summed E-state index contributed by atoms with van der Waals surface area (Å²) >= 11 is 5.54. The monoisotopic (exact) mass is 427 g/mol. The van der Waals surface area contributed by atoms with Crippen molar-refractivity contribution in [3.8, 4) is 0 Å². The van der Waals surface area contributed by atoms with Crippen LogP contribution in [0.15, 0.2) is 22.7 Å². The van der Waals surface area contributed by atoms with Crippen molar-refractivity contribution in [1.82, 2.24) is 5.32 Å². The summed E-state index contributed by atoms with van der Waals surface area (Å²) in [5, 5.41) is 2.83. The molecule has 1 aromatic rings. The van der Waals surface area contributed by atoms with Crippen molar-refractivity contribution < 1.29 is 14.3 Å². The highest BCUT2D eigenvalue weighted by molar-refractivity contribution is 14.1. The van der Waals surface area contributed by atoms with Gasteiger partial charge in [0.05, 0.1) is 18.3 Å². The maximum atomic E-state index is 12.0. The zero-order chi connectivity index (χ0) is 13.5. The van der Waals surface area contributed by atoms with E-state index in [1.54, 1.807) is 14.2 Å². The molecule has 0 bridgehead atoms. The molecule has 1 N–H and O–H groups in total. The van der Waals surface area contributed by atoms with E-state index in [0.29, 0.717) is 18.7 Å². The van der Waals surface area contributed by atoms with Crippen LogP contribution >= 0.6 is 38.5 Å². The van der Waals surface area contributed by atoms with E-state index < -0.39 is 0 Å². The van der Waals surface area contributed by atoms with E-state index in [1.165, 1.54) is 0 Å². The Balaban J connectivity index is 2.62. The van der Waals surface area contributed by atoms with Gasteiger partial charge in [-0.15, -0.1) is 0 Å². The minimum absolute atomic E-state index is 0.126. The smallest absolute Gasteiger partial charge is 0.252 e. The third-order valence-electron chi connectivity index (χ3n) is 2.35. The lowest BCUT2D eigenvalue weighted by Gasteiger charge is -2.15. The molecule has 0 aliphatic carbocycles. The Labute approximate surface area is 129 Å². The van der Waals surface area contributed by atoms with Gasteiger partial charge < -0.3 is 14.8 Å². The van der Waals surface area contributed by atoms with Crippen LogP contribution in [0.1, 0.15) is 10.4 Å². The molecule has 6 heteroatoms. The van der Waals surface area contributed by atoms with Gasteiger partial charge in [0, 0.05) is 28.8 Å². The topological polar surface area (TPSA) is 47.6 Å². The van der Waals surface area contributed by atoms with Gasteiger partial charge in [-0.25, -0.2) is 0 Å². The van der Waals surface area contributed by atoms with Crippen LogP contribution in [0.5, 0.6) is 0 Å². The predicted octanol–water partition coefficient (Wildman–Crippen LogP) is 2.44. The highest BCUT2D eigenvalue weighted by atomic mass is 127. The van der Waals surface area contributed by atoms with Crippen molar-refractivity contribution in [3.63, 3.8) is 0 Å². The Kier molecular flexibility index (Phi) is 7.13. The second-order valence-corrected chi connectivity index (χ2v) is 5.75. The van der Waals surface area contributed by atoms with Gasteiger partial charge in [-0.1, -0.05) is 0 Å². The first-order chi connectivity index (χ1) is 8.58. The lowest BCUT2D eigenvalue weighted by Crippen LogP contribution is -2.35. The molecule has 0 aliphatic heterocycles. The van der Waals surface area contributed by atoms with Crippen LogP contribution in [0.25, 0.3) is 0 Å². The first-order valence-electron chi connectivity index (χ1n) is 5.33. The normalized spacial score (nSPS) is 12.2. The molecule has 0 aliphatic rings. The number of methoxy groups -OCH3 is 2. The first kappa shape index (κ1) is 15.9. The zero-order valence-corrected chi connectivity index (χ0v) is 13.9. The maximum Gasteiger partial charge on any atom is 0.252 e. The van der Waals surface area contributed by atoms with Crippen molar-refractivity contribution in [2.75, 3.05) is 27.4 Å². The van der Waals surface area contributed by atoms with E-state index in [9.17, 15) is 4.79 Å². The van der Waals surface area contributed by atoms with Crippen LogP contribution in [-0.2, 0) is 9.47 Å². The first-order valence-corrected chi connectivity index (χ1v) is 7.20. The number of rotatable bonds is 6. The third kappa shape index (κ3) is 4.83. The molecule has 1 amide bonds. The quantitative estimate of drug-likeness (QED) is 0.709. The predicted molar refractivity (Wildman–Crippen MR) is 81.9 cm³/mol. The van der Waals surface area contributed by atoms with E-state index in [4.69, 9.17) is 9.47 Å². The minimum Gasteiger partial charge on any atom is -0.382 e. The lowest BCUT2D eigenvalue weighted by atomic mass is 10.2. The molecule has 18 heavy (non-hydrogen) atoms. The van der Waals surface area contributed by atoms with E-state index in [1.807, 2.05) is 18.2 Å². The molecular weight excluding hydrogens is 413 g/mol. The average molecular weight is 428 g/mol. The molecule has 1 rings (SSSR count). The van der Waals surface area contributed by atoms with Gasteiger partial charge in [-0.2, -0.15) is 0 Å². The SMILES string of the molecule is COCC(CNC(=O)c1cc(I)ccc1Br)OC. The van der Waals surface area contributed by atoms with Crippen LogP contribution in [-0.4, -0.2) is 39.4 Å². The van der Waals surface area contributed by atoms with Crippen molar-refractivity contribution in [2.45, 2.75) is 6.10 Å². The molecular formula is C12H15BrINO3. The molecule has 0 spiro atoms. The average Bonchev–Trinajstić information content (AvgIpc) is 2.37. The number of carbonyl (C=O) groups excluding carboxylic acids is 1. The molecule has 0 saturated heterocycles. The molecule has 0 radical (unpaired) electrons. The summed E-state index contributed by atoms with van der Waals surface area (Å²) in [6.07, 6.45) is -0.138. The standard InChI is InChI=1S/C12H15BrINO3/c1-17-7-9(18-2)6-15-12(16)10-5-8(14)3-4-11(10)13/h3-5,9H,6-7H2,1-2H3,(H,15,16). The van der Waals surface area contributed by atoms with Crippen LogP contribution in [0, 0.1) is 3.57 Å². The molecule has 0 aromatic heterocycles. The largest absolute Gasteiger partial charge is 0.382 e. The molecule has 4 nitrogen and oxygen atoms in total. The van der Waals surface area contributed by atoms with Crippen molar-refractivity contribution >= 4 is 44.4 Å². The van der Waals surface area contributed by atoms with Gasteiger partial charge in [-0.3, -0.25) is 4.79 Å². The van der Waals surface area contributed by atoms with Gasteiger partial charge >= 0.3 is 0 Å². The number of carbonyl (C=O) groups is 1. The summed E-state index contributed by atoms with van der Waals surface area (Å²) in [5.41, 5.74) is 0.620. The fourth-order valence-electron chi connectivity index (χ4n) is 1.37. The molecule has 0 heterocycles. The second-order valence-electron chi connectivity index (χ2n) is 3.65. The fraction of sp³-hybridized carbons (Fsp3) is 0.417. The van der Waals surface area contributed by atoms with Gasteiger partial charge in [0.2, 0.25) is 0 Å². The summed E-state index contributed by atoms with van der Waals surface area (Å²) in [5.74, 6) is -0.126. The highest BCUT2D eigenvalue weighted by Gasteiger charge is 2.13. The van der Waals surface area contributed by atoms with Gasteiger partial charge in [0.1, 0.15) is 0 Å². The van der Waals surface area contributed by atoms with Crippen LogP contribution in [0.4, 0.5) is 0 Å². The van der Waals surface area contributed by atoms with Crippen LogP contribution < -0.4 is 5.32 Å². The van der Waals surface area contributed by atoms with Crippen molar-refractivity contribution in [3.05, 3.63) is 31.8 Å². The lowest BCUT2D eigenvalue weighted by molar-refractivity contribution is 0.0285. The van der Waals surface area contributed by atoms with Crippen molar-refractivity contribution in [2.24, 2.45) is 0 Å². The zero-order valence-electron chi connectivity index (χ0n) is 10.2. The van der Waals surface area contributed by atoms with E-state index >= 15 is 0 Å². The number of hydrogen-bond acceptors (Lipinski definition) is 3. The maximum absolute atomic E-state index is 12.0. The summed E-state index contributed by atoms with van der Waals surface area (Å²) in [6.45, 7) is 0.866. The Bertz CT molecular complexity index is 414. The minimum atomic E-state index is -0.138. The molecule has 1 atom stereocenters. The number of nitrogens with one attached hydrogen (secondary N) is 1. The fourth-order valence-corrected chi connectivity index (χ4v) is 2.29. The highest BCUT2D eigenvalue weighted by Crippen LogP contribution is 2.19. The molecule has 0 saturated carbocycles. The van der Waals surface area contributed by atoms with E-state index in [-0.39, 0.29) is 12.0 Å². The number of ether oxygens (including phenoxy) is 2. The Hall–Kier alpha value is -0.180. The molecule has 100 valence electrons. The summed E-state index contributed by atoms with van der Waals surface area (Å²) in [6, 6.07) is 5.63. The number of benzene rings is 1. The second kappa shape index (κ2) is 8.08.